The second-order valence-electron chi connectivity index (χ2n) is 7.81. The molecule has 4 heterocycles. The maximum Gasteiger partial charge on any atom is 0.165 e. The SMILES string of the molecule is Nc1ncnc2nc(-c3ccc(N4CC(O)CC4CO)nc3)cc(-c3cccc(Br)c3)c12. The molecule has 1 fully saturated rings. The first kappa shape index (κ1) is 20.7. The summed E-state index contributed by atoms with van der Waals surface area (Å²) in [5, 5.41) is 20.3. The van der Waals surface area contributed by atoms with Gasteiger partial charge in [-0.15, -0.1) is 0 Å². The molecule has 0 amide bonds. The molecule has 1 aliphatic rings. The van der Waals surface area contributed by atoms with Crippen molar-refractivity contribution in [3.63, 3.8) is 0 Å². The van der Waals surface area contributed by atoms with Crippen molar-refractivity contribution in [2.24, 2.45) is 0 Å². The van der Waals surface area contributed by atoms with Crippen molar-refractivity contribution in [2.75, 3.05) is 23.8 Å². The number of anilines is 2. The van der Waals surface area contributed by atoms with Crippen LogP contribution in [0, 0.1) is 0 Å². The summed E-state index contributed by atoms with van der Waals surface area (Å²) in [7, 11) is 0. The molecule has 4 aromatic rings. The van der Waals surface area contributed by atoms with Crippen LogP contribution in [0.15, 0.2) is 59.5 Å². The molecule has 1 saturated heterocycles. The molecule has 5 rings (SSSR count). The number of hydrogen-bond donors (Lipinski definition) is 3. The first-order valence-electron chi connectivity index (χ1n) is 10.2. The molecule has 0 bridgehead atoms. The standard InChI is InChI=1S/C23H21BrN6O2/c24-15-3-1-2-13(6-15)18-8-19(29-23-21(18)22(25)27-12-28-23)14-4-5-20(26-9-14)30-10-17(32)7-16(30)11-31/h1-6,8-9,12,16-17,31-32H,7,10-11H2,(H2,25,27,28,29). The van der Waals surface area contributed by atoms with Crippen LogP contribution in [-0.2, 0) is 0 Å². The summed E-state index contributed by atoms with van der Waals surface area (Å²) in [6.07, 6.45) is 3.23. The lowest BCUT2D eigenvalue weighted by Gasteiger charge is -2.23. The van der Waals surface area contributed by atoms with Crippen LogP contribution in [0.4, 0.5) is 11.6 Å². The summed E-state index contributed by atoms with van der Waals surface area (Å²) in [5.41, 5.74) is 10.1. The molecule has 1 aromatic carbocycles. The van der Waals surface area contributed by atoms with Gasteiger partial charge in [-0.2, -0.15) is 0 Å². The van der Waals surface area contributed by atoms with Crippen LogP contribution in [0.3, 0.4) is 0 Å². The van der Waals surface area contributed by atoms with E-state index in [9.17, 15) is 10.2 Å². The maximum atomic E-state index is 9.96. The van der Waals surface area contributed by atoms with Gasteiger partial charge in [0.1, 0.15) is 18.0 Å². The minimum atomic E-state index is -0.464. The molecular formula is C23H21BrN6O2. The monoisotopic (exact) mass is 492 g/mol. The molecule has 3 aromatic heterocycles. The van der Waals surface area contributed by atoms with E-state index >= 15 is 0 Å². The van der Waals surface area contributed by atoms with Gasteiger partial charge >= 0.3 is 0 Å². The van der Waals surface area contributed by atoms with Crippen molar-refractivity contribution in [2.45, 2.75) is 18.6 Å². The van der Waals surface area contributed by atoms with Gasteiger partial charge in [0.05, 0.1) is 29.8 Å². The van der Waals surface area contributed by atoms with Gasteiger partial charge in [-0.3, -0.25) is 0 Å². The molecule has 162 valence electrons. The van der Waals surface area contributed by atoms with E-state index in [2.05, 4.69) is 30.9 Å². The smallest absolute Gasteiger partial charge is 0.165 e. The lowest BCUT2D eigenvalue weighted by atomic mass is 10.0. The lowest BCUT2D eigenvalue weighted by Crippen LogP contribution is -2.32. The van der Waals surface area contributed by atoms with Gasteiger partial charge in [0, 0.05) is 22.8 Å². The largest absolute Gasteiger partial charge is 0.394 e. The van der Waals surface area contributed by atoms with Crippen LogP contribution in [0.5, 0.6) is 0 Å². The van der Waals surface area contributed by atoms with Crippen molar-refractivity contribution in [1.82, 2.24) is 19.9 Å². The molecule has 0 saturated carbocycles. The Morgan fingerprint density at radius 1 is 1.09 bits per heavy atom. The highest BCUT2D eigenvalue weighted by atomic mass is 79.9. The number of benzene rings is 1. The molecule has 0 spiro atoms. The third kappa shape index (κ3) is 3.79. The maximum absolute atomic E-state index is 9.96. The van der Waals surface area contributed by atoms with Gasteiger partial charge in [-0.25, -0.2) is 19.9 Å². The lowest BCUT2D eigenvalue weighted by molar-refractivity contribution is 0.184. The number of aromatic nitrogens is 4. The molecule has 32 heavy (non-hydrogen) atoms. The molecule has 8 nitrogen and oxygen atoms in total. The first-order valence-corrected chi connectivity index (χ1v) is 11.0. The fraction of sp³-hybridized carbons (Fsp3) is 0.217. The summed E-state index contributed by atoms with van der Waals surface area (Å²) in [6, 6.07) is 13.6. The van der Waals surface area contributed by atoms with Crippen LogP contribution in [0.2, 0.25) is 0 Å². The Bertz CT molecular complexity index is 1280. The van der Waals surface area contributed by atoms with Crippen LogP contribution < -0.4 is 10.6 Å². The molecule has 4 N–H and O–H groups in total. The molecule has 0 aliphatic carbocycles. The van der Waals surface area contributed by atoms with Crippen LogP contribution in [-0.4, -0.2) is 55.4 Å². The Balaban J connectivity index is 1.59. The predicted octanol–water partition coefficient (Wildman–Crippen LogP) is 3.03. The van der Waals surface area contributed by atoms with E-state index in [0.29, 0.717) is 41.3 Å². The van der Waals surface area contributed by atoms with E-state index in [4.69, 9.17) is 10.7 Å². The molecular weight excluding hydrogens is 472 g/mol. The van der Waals surface area contributed by atoms with E-state index in [1.54, 1.807) is 6.20 Å². The van der Waals surface area contributed by atoms with Crippen molar-refractivity contribution >= 4 is 38.6 Å². The minimum Gasteiger partial charge on any atom is -0.394 e. The third-order valence-electron chi connectivity index (χ3n) is 5.71. The Kier molecular flexibility index (Phi) is 5.46. The third-order valence-corrected chi connectivity index (χ3v) is 6.20. The number of fused-ring (bicyclic) bond motifs is 1. The number of aliphatic hydroxyl groups is 2. The zero-order valence-corrected chi connectivity index (χ0v) is 18.6. The van der Waals surface area contributed by atoms with E-state index in [1.807, 2.05) is 47.4 Å². The van der Waals surface area contributed by atoms with Gasteiger partial charge < -0.3 is 20.8 Å². The second-order valence-corrected chi connectivity index (χ2v) is 8.72. The Morgan fingerprint density at radius 2 is 1.97 bits per heavy atom. The average Bonchev–Trinajstić information content (AvgIpc) is 3.19. The number of aliphatic hydroxyl groups excluding tert-OH is 2. The van der Waals surface area contributed by atoms with Crippen LogP contribution in [0.1, 0.15) is 6.42 Å². The summed E-state index contributed by atoms with van der Waals surface area (Å²) < 4.78 is 0.953. The summed E-state index contributed by atoms with van der Waals surface area (Å²) in [6.45, 7) is 0.429. The summed E-state index contributed by atoms with van der Waals surface area (Å²) >= 11 is 3.53. The Morgan fingerprint density at radius 3 is 2.72 bits per heavy atom. The number of halogens is 1. The van der Waals surface area contributed by atoms with E-state index < -0.39 is 6.10 Å². The first-order chi connectivity index (χ1) is 15.5. The number of hydrogen-bond acceptors (Lipinski definition) is 8. The van der Waals surface area contributed by atoms with Crippen molar-refractivity contribution < 1.29 is 10.2 Å². The molecule has 2 unspecified atom stereocenters. The number of rotatable bonds is 4. The highest BCUT2D eigenvalue weighted by molar-refractivity contribution is 9.10. The number of pyridine rings is 2. The fourth-order valence-corrected chi connectivity index (χ4v) is 4.57. The van der Waals surface area contributed by atoms with Gasteiger partial charge in [0.15, 0.2) is 5.65 Å². The Hall–Kier alpha value is -3.14. The zero-order valence-electron chi connectivity index (χ0n) is 17.1. The number of nitrogens with zero attached hydrogens (tertiary/aromatic N) is 5. The fourth-order valence-electron chi connectivity index (χ4n) is 4.17. The molecule has 1 aliphatic heterocycles. The minimum absolute atomic E-state index is 0.0240. The van der Waals surface area contributed by atoms with Gasteiger partial charge in [-0.1, -0.05) is 28.1 Å². The number of nitrogens with two attached hydrogens (primary N) is 1. The van der Waals surface area contributed by atoms with Crippen molar-refractivity contribution in [3.8, 4) is 22.4 Å². The number of nitrogen functional groups attached to an aromatic ring is 1. The van der Waals surface area contributed by atoms with Crippen LogP contribution >= 0.6 is 15.9 Å². The highest BCUT2D eigenvalue weighted by Crippen LogP contribution is 2.35. The Labute approximate surface area is 192 Å². The number of β-amino-alcohol motifs (C(OH)–C–C–N with tert-alkyl or cyclic N) is 1. The summed E-state index contributed by atoms with van der Waals surface area (Å²) in [5.74, 6) is 1.09. The topological polar surface area (TPSA) is 121 Å². The average molecular weight is 493 g/mol. The summed E-state index contributed by atoms with van der Waals surface area (Å²) in [4.78, 5) is 19.7. The molecule has 9 heteroatoms. The van der Waals surface area contributed by atoms with Crippen molar-refractivity contribution in [1.29, 1.82) is 0 Å². The van der Waals surface area contributed by atoms with Crippen molar-refractivity contribution in [3.05, 3.63) is 59.5 Å². The van der Waals surface area contributed by atoms with E-state index in [0.717, 1.165) is 21.2 Å². The molecule has 2 atom stereocenters. The van der Waals surface area contributed by atoms with Gasteiger partial charge in [0.2, 0.25) is 0 Å². The van der Waals surface area contributed by atoms with Crippen LogP contribution in [0.25, 0.3) is 33.4 Å². The predicted molar refractivity (Wildman–Crippen MR) is 127 cm³/mol. The zero-order chi connectivity index (χ0) is 22.2. The highest BCUT2D eigenvalue weighted by Gasteiger charge is 2.31. The van der Waals surface area contributed by atoms with E-state index in [-0.39, 0.29) is 12.6 Å². The normalized spacial score (nSPS) is 18.4. The molecule has 0 radical (unpaired) electrons. The second kappa shape index (κ2) is 8.42. The van der Waals surface area contributed by atoms with E-state index in [1.165, 1.54) is 6.33 Å². The quantitative estimate of drug-likeness (QED) is 0.397. The van der Waals surface area contributed by atoms with Gasteiger partial charge in [0.25, 0.3) is 0 Å². The van der Waals surface area contributed by atoms with Gasteiger partial charge in [-0.05, 0) is 47.9 Å².